The zero-order valence-electron chi connectivity index (χ0n) is 12.9. The summed E-state index contributed by atoms with van der Waals surface area (Å²) in [5, 5.41) is 12.9. The fraction of sp³-hybridized carbons (Fsp3) is 0.222. The summed E-state index contributed by atoms with van der Waals surface area (Å²) in [6.45, 7) is 2.23. The fourth-order valence-corrected chi connectivity index (χ4v) is 2.15. The number of rotatable bonds is 6. The third-order valence-electron chi connectivity index (χ3n) is 3.31. The molecule has 2 aromatic carbocycles. The van der Waals surface area contributed by atoms with Crippen LogP contribution in [0.3, 0.4) is 0 Å². The molecule has 120 valence electrons. The van der Waals surface area contributed by atoms with Gasteiger partial charge in [0.05, 0.1) is 12.2 Å². The van der Waals surface area contributed by atoms with Crippen LogP contribution < -0.4 is 5.32 Å². The van der Waals surface area contributed by atoms with Gasteiger partial charge in [-0.1, -0.05) is 48.5 Å². The summed E-state index contributed by atoms with van der Waals surface area (Å²) in [6.07, 6.45) is -1.43. The van der Waals surface area contributed by atoms with Crippen LogP contribution in [0.5, 0.6) is 0 Å². The summed E-state index contributed by atoms with van der Waals surface area (Å²) in [7, 11) is 0. The van der Waals surface area contributed by atoms with Crippen LogP contribution in [0.1, 0.15) is 34.5 Å². The van der Waals surface area contributed by atoms with Gasteiger partial charge in [0.15, 0.2) is 6.10 Å². The van der Waals surface area contributed by atoms with Gasteiger partial charge in [0.1, 0.15) is 0 Å². The van der Waals surface area contributed by atoms with E-state index in [4.69, 9.17) is 4.74 Å². The first-order chi connectivity index (χ1) is 11.1. The third kappa shape index (κ3) is 4.40. The van der Waals surface area contributed by atoms with Crippen LogP contribution in [-0.2, 0) is 16.1 Å². The molecule has 0 bridgehead atoms. The second-order valence-electron chi connectivity index (χ2n) is 4.91. The van der Waals surface area contributed by atoms with Gasteiger partial charge in [-0.15, -0.1) is 0 Å². The molecule has 0 heterocycles. The van der Waals surface area contributed by atoms with Crippen molar-refractivity contribution in [1.29, 1.82) is 0 Å². The van der Waals surface area contributed by atoms with Crippen LogP contribution in [0.4, 0.5) is 0 Å². The molecular formula is C18H19NO4. The summed E-state index contributed by atoms with van der Waals surface area (Å²) in [5.74, 6) is -1.12. The van der Waals surface area contributed by atoms with Crippen molar-refractivity contribution in [2.45, 2.75) is 19.6 Å². The molecule has 2 rings (SSSR count). The highest BCUT2D eigenvalue weighted by Gasteiger charge is 2.23. The Hall–Kier alpha value is -2.66. The highest BCUT2D eigenvalue weighted by atomic mass is 16.5. The van der Waals surface area contributed by atoms with Crippen molar-refractivity contribution in [2.24, 2.45) is 0 Å². The van der Waals surface area contributed by atoms with Crippen LogP contribution in [0.2, 0.25) is 0 Å². The van der Waals surface area contributed by atoms with Gasteiger partial charge >= 0.3 is 5.97 Å². The predicted octanol–water partition coefficient (Wildman–Crippen LogP) is 2.21. The van der Waals surface area contributed by atoms with Crippen LogP contribution >= 0.6 is 0 Å². The molecule has 5 nitrogen and oxygen atoms in total. The predicted molar refractivity (Wildman–Crippen MR) is 85.6 cm³/mol. The molecule has 0 aliphatic heterocycles. The van der Waals surface area contributed by atoms with Gasteiger partial charge in [-0.25, -0.2) is 4.79 Å². The summed E-state index contributed by atoms with van der Waals surface area (Å²) >= 11 is 0. The maximum atomic E-state index is 12.1. The molecular weight excluding hydrogens is 294 g/mol. The first-order valence-corrected chi connectivity index (χ1v) is 7.39. The van der Waals surface area contributed by atoms with Gasteiger partial charge in [0, 0.05) is 12.1 Å². The van der Waals surface area contributed by atoms with E-state index in [9.17, 15) is 14.7 Å². The molecule has 0 saturated carbocycles. The van der Waals surface area contributed by atoms with Gasteiger partial charge in [-0.2, -0.15) is 0 Å². The van der Waals surface area contributed by atoms with Gasteiger partial charge in [-0.05, 0) is 18.6 Å². The minimum Gasteiger partial charge on any atom is -0.462 e. The molecule has 2 N–H and O–H groups in total. The highest BCUT2D eigenvalue weighted by molar-refractivity contribution is 5.94. The number of amides is 1. The Morgan fingerprint density at radius 3 is 2.43 bits per heavy atom. The highest BCUT2D eigenvalue weighted by Crippen LogP contribution is 2.19. The van der Waals surface area contributed by atoms with E-state index in [1.54, 1.807) is 25.1 Å². The van der Waals surface area contributed by atoms with Crippen molar-refractivity contribution in [3.05, 3.63) is 71.3 Å². The van der Waals surface area contributed by atoms with E-state index in [2.05, 4.69) is 5.32 Å². The molecule has 0 aliphatic rings. The molecule has 0 aromatic heterocycles. The number of hydrogen-bond acceptors (Lipinski definition) is 4. The van der Waals surface area contributed by atoms with E-state index in [1.807, 2.05) is 30.3 Å². The Morgan fingerprint density at radius 1 is 1.09 bits per heavy atom. The molecule has 2 aromatic rings. The van der Waals surface area contributed by atoms with Crippen LogP contribution in [0.15, 0.2) is 54.6 Å². The molecule has 0 fully saturated rings. The number of ether oxygens (including phenoxy) is 1. The van der Waals surface area contributed by atoms with Crippen LogP contribution in [-0.4, -0.2) is 23.6 Å². The molecule has 1 amide bonds. The zero-order chi connectivity index (χ0) is 16.7. The molecule has 0 radical (unpaired) electrons. The lowest BCUT2D eigenvalue weighted by Gasteiger charge is -2.15. The smallest absolute Gasteiger partial charge is 0.338 e. The summed E-state index contributed by atoms with van der Waals surface area (Å²) < 4.78 is 4.95. The average Bonchev–Trinajstić information content (AvgIpc) is 2.60. The second-order valence-corrected chi connectivity index (χ2v) is 4.91. The lowest BCUT2D eigenvalue weighted by molar-refractivity contribution is -0.129. The number of benzene rings is 2. The van der Waals surface area contributed by atoms with E-state index < -0.39 is 18.0 Å². The average molecular weight is 313 g/mol. The van der Waals surface area contributed by atoms with Crippen LogP contribution in [0, 0.1) is 0 Å². The van der Waals surface area contributed by atoms with E-state index in [1.165, 1.54) is 6.07 Å². The van der Waals surface area contributed by atoms with Crippen molar-refractivity contribution in [1.82, 2.24) is 5.32 Å². The van der Waals surface area contributed by atoms with E-state index in [0.717, 1.165) is 5.56 Å². The zero-order valence-corrected chi connectivity index (χ0v) is 12.9. The topological polar surface area (TPSA) is 75.6 Å². The van der Waals surface area contributed by atoms with Crippen molar-refractivity contribution < 1.29 is 19.4 Å². The number of hydrogen-bond donors (Lipinski definition) is 2. The Bertz CT molecular complexity index is 670. The largest absolute Gasteiger partial charge is 0.462 e. The molecule has 5 heteroatoms. The quantitative estimate of drug-likeness (QED) is 0.802. The molecule has 23 heavy (non-hydrogen) atoms. The number of esters is 1. The van der Waals surface area contributed by atoms with E-state index >= 15 is 0 Å². The molecule has 0 spiro atoms. The number of nitrogens with one attached hydrogen (secondary N) is 1. The summed E-state index contributed by atoms with van der Waals surface area (Å²) in [6, 6.07) is 15.8. The molecule has 1 atom stereocenters. The minimum absolute atomic E-state index is 0.191. The summed E-state index contributed by atoms with van der Waals surface area (Å²) in [4.78, 5) is 24.0. The number of aliphatic hydroxyl groups is 1. The minimum atomic E-state index is -1.43. The second kappa shape index (κ2) is 8.10. The maximum absolute atomic E-state index is 12.1. The van der Waals surface area contributed by atoms with Gasteiger partial charge < -0.3 is 15.2 Å². The van der Waals surface area contributed by atoms with Crippen molar-refractivity contribution in [3.63, 3.8) is 0 Å². The van der Waals surface area contributed by atoms with E-state index in [-0.39, 0.29) is 17.7 Å². The Morgan fingerprint density at radius 2 is 1.74 bits per heavy atom. The molecule has 0 aliphatic carbocycles. The Labute approximate surface area is 134 Å². The van der Waals surface area contributed by atoms with Gasteiger partial charge in [0.2, 0.25) is 0 Å². The number of carbonyl (C=O) groups excluding carboxylic acids is 2. The first-order valence-electron chi connectivity index (χ1n) is 7.39. The van der Waals surface area contributed by atoms with E-state index in [0.29, 0.717) is 6.54 Å². The van der Waals surface area contributed by atoms with Crippen LogP contribution in [0.25, 0.3) is 0 Å². The molecule has 0 saturated heterocycles. The third-order valence-corrected chi connectivity index (χ3v) is 3.31. The van der Waals surface area contributed by atoms with Crippen molar-refractivity contribution in [3.8, 4) is 0 Å². The maximum Gasteiger partial charge on any atom is 0.338 e. The first kappa shape index (κ1) is 16.7. The SMILES string of the molecule is CCOC(=O)c1ccccc1C(O)C(=O)NCc1ccccc1. The Kier molecular flexibility index (Phi) is 5.88. The lowest BCUT2D eigenvalue weighted by atomic mass is 10.0. The fourth-order valence-electron chi connectivity index (χ4n) is 2.15. The molecule has 1 unspecified atom stereocenters. The van der Waals surface area contributed by atoms with Gasteiger partial charge in [-0.3, -0.25) is 4.79 Å². The Balaban J connectivity index is 2.09. The number of carbonyl (C=O) groups is 2. The standard InChI is InChI=1S/C18H19NO4/c1-2-23-18(22)15-11-7-6-10-14(15)16(20)17(21)19-12-13-8-4-3-5-9-13/h3-11,16,20H,2,12H2,1H3,(H,19,21). The lowest BCUT2D eigenvalue weighted by Crippen LogP contribution is -2.29. The summed E-state index contributed by atoms with van der Waals surface area (Å²) in [5.41, 5.74) is 1.35. The number of aliphatic hydroxyl groups excluding tert-OH is 1. The monoisotopic (exact) mass is 313 g/mol. The van der Waals surface area contributed by atoms with Crippen molar-refractivity contribution in [2.75, 3.05) is 6.61 Å². The van der Waals surface area contributed by atoms with Gasteiger partial charge in [0.25, 0.3) is 5.91 Å². The normalized spacial score (nSPS) is 11.6. The van der Waals surface area contributed by atoms with Crippen molar-refractivity contribution >= 4 is 11.9 Å².